The molecule has 0 aliphatic heterocycles. The minimum atomic E-state index is -0.369. The van der Waals surface area contributed by atoms with E-state index in [-0.39, 0.29) is 18.4 Å². The SMILES string of the molecule is CCOc1ccc(C(=O)NCC(=O)NCCOC)cc1N. The van der Waals surface area contributed by atoms with E-state index in [0.717, 1.165) is 0 Å². The smallest absolute Gasteiger partial charge is 0.251 e. The first-order chi connectivity index (χ1) is 10.1. The van der Waals surface area contributed by atoms with Crippen LogP contribution in [0.3, 0.4) is 0 Å². The number of amides is 2. The number of carbonyl (C=O) groups excluding carboxylic acids is 2. The highest BCUT2D eigenvalue weighted by molar-refractivity contribution is 5.97. The monoisotopic (exact) mass is 295 g/mol. The van der Waals surface area contributed by atoms with Gasteiger partial charge in [-0.2, -0.15) is 0 Å². The first-order valence-corrected chi connectivity index (χ1v) is 6.64. The Balaban J connectivity index is 2.48. The highest BCUT2D eigenvalue weighted by Gasteiger charge is 2.10. The molecule has 2 amide bonds. The van der Waals surface area contributed by atoms with Crippen LogP contribution in [0.4, 0.5) is 5.69 Å². The van der Waals surface area contributed by atoms with Crippen molar-refractivity contribution < 1.29 is 19.1 Å². The summed E-state index contributed by atoms with van der Waals surface area (Å²) >= 11 is 0. The Labute approximate surface area is 123 Å². The Kier molecular flexibility index (Phi) is 7.03. The lowest BCUT2D eigenvalue weighted by molar-refractivity contribution is -0.120. The number of rotatable bonds is 8. The van der Waals surface area contributed by atoms with Crippen LogP contribution in [-0.4, -0.2) is 45.2 Å². The summed E-state index contributed by atoms with van der Waals surface area (Å²) in [5.74, 6) is -0.114. The molecule has 1 aromatic carbocycles. The van der Waals surface area contributed by atoms with E-state index in [1.165, 1.54) is 6.07 Å². The van der Waals surface area contributed by atoms with Gasteiger partial charge >= 0.3 is 0 Å². The summed E-state index contributed by atoms with van der Waals surface area (Å²) in [6.07, 6.45) is 0. The standard InChI is InChI=1S/C14H21N3O4/c1-3-21-12-5-4-10(8-11(12)15)14(19)17-9-13(18)16-6-7-20-2/h4-5,8H,3,6-7,9,15H2,1-2H3,(H,16,18)(H,17,19). The van der Waals surface area contributed by atoms with Crippen LogP contribution in [0, 0.1) is 0 Å². The van der Waals surface area contributed by atoms with Gasteiger partial charge in [0.2, 0.25) is 5.91 Å². The maximum Gasteiger partial charge on any atom is 0.251 e. The fraction of sp³-hybridized carbons (Fsp3) is 0.429. The van der Waals surface area contributed by atoms with E-state index >= 15 is 0 Å². The summed E-state index contributed by atoms with van der Waals surface area (Å²) < 4.78 is 10.1. The Morgan fingerprint density at radius 2 is 2.05 bits per heavy atom. The van der Waals surface area contributed by atoms with Crippen molar-refractivity contribution in [2.24, 2.45) is 0 Å². The topological polar surface area (TPSA) is 103 Å². The summed E-state index contributed by atoms with van der Waals surface area (Å²) in [6, 6.07) is 4.75. The summed E-state index contributed by atoms with van der Waals surface area (Å²) in [4.78, 5) is 23.3. The predicted molar refractivity (Wildman–Crippen MR) is 79.2 cm³/mol. The second-order valence-electron chi connectivity index (χ2n) is 4.21. The molecule has 116 valence electrons. The van der Waals surface area contributed by atoms with Gasteiger partial charge in [-0.25, -0.2) is 0 Å². The molecule has 0 atom stereocenters. The molecule has 0 spiro atoms. The molecule has 7 nitrogen and oxygen atoms in total. The van der Waals surface area contributed by atoms with Gasteiger partial charge in [0.15, 0.2) is 0 Å². The van der Waals surface area contributed by atoms with Gasteiger partial charge in [-0.1, -0.05) is 0 Å². The van der Waals surface area contributed by atoms with E-state index < -0.39 is 0 Å². The summed E-state index contributed by atoms with van der Waals surface area (Å²) in [5.41, 5.74) is 6.54. The first kappa shape index (κ1) is 16.8. The molecule has 0 bridgehead atoms. The molecule has 0 aromatic heterocycles. The molecule has 0 heterocycles. The lowest BCUT2D eigenvalue weighted by atomic mass is 10.1. The lowest BCUT2D eigenvalue weighted by Crippen LogP contribution is -2.38. The molecule has 0 saturated carbocycles. The third-order valence-corrected chi connectivity index (χ3v) is 2.61. The predicted octanol–water partition coefficient (Wildman–Crippen LogP) is 0.160. The molecule has 21 heavy (non-hydrogen) atoms. The number of methoxy groups -OCH3 is 1. The third kappa shape index (κ3) is 5.70. The van der Waals surface area contributed by atoms with E-state index in [9.17, 15) is 9.59 Å². The number of hydrogen-bond donors (Lipinski definition) is 3. The van der Waals surface area contributed by atoms with Crippen molar-refractivity contribution in [1.29, 1.82) is 0 Å². The highest BCUT2D eigenvalue weighted by atomic mass is 16.5. The normalized spacial score (nSPS) is 10.0. The maximum atomic E-state index is 11.9. The van der Waals surface area contributed by atoms with Crippen LogP contribution in [0.1, 0.15) is 17.3 Å². The van der Waals surface area contributed by atoms with Crippen molar-refractivity contribution in [2.45, 2.75) is 6.92 Å². The molecular formula is C14H21N3O4. The van der Waals surface area contributed by atoms with Crippen molar-refractivity contribution in [3.8, 4) is 5.75 Å². The number of nitrogen functional groups attached to an aromatic ring is 1. The van der Waals surface area contributed by atoms with Gasteiger partial charge in [0, 0.05) is 19.2 Å². The van der Waals surface area contributed by atoms with Crippen LogP contribution in [0.15, 0.2) is 18.2 Å². The molecule has 0 aliphatic rings. The van der Waals surface area contributed by atoms with Crippen LogP contribution in [-0.2, 0) is 9.53 Å². The van der Waals surface area contributed by atoms with E-state index in [1.807, 2.05) is 6.92 Å². The minimum absolute atomic E-state index is 0.102. The molecule has 7 heteroatoms. The van der Waals surface area contributed by atoms with Gasteiger partial charge in [0.25, 0.3) is 5.91 Å². The lowest BCUT2D eigenvalue weighted by Gasteiger charge is -2.09. The molecule has 0 saturated heterocycles. The van der Waals surface area contributed by atoms with Gasteiger partial charge < -0.3 is 25.8 Å². The van der Waals surface area contributed by atoms with Crippen LogP contribution in [0.5, 0.6) is 5.75 Å². The largest absolute Gasteiger partial charge is 0.492 e. The second kappa shape index (κ2) is 8.80. The maximum absolute atomic E-state index is 11.9. The highest BCUT2D eigenvalue weighted by Crippen LogP contribution is 2.22. The summed E-state index contributed by atoms with van der Waals surface area (Å²) in [5, 5.41) is 5.12. The number of ether oxygens (including phenoxy) is 2. The molecule has 1 rings (SSSR count). The zero-order chi connectivity index (χ0) is 15.7. The van der Waals surface area contributed by atoms with Gasteiger partial charge in [-0.3, -0.25) is 9.59 Å². The van der Waals surface area contributed by atoms with Crippen molar-refractivity contribution in [2.75, 3.05) is 39.1 Å². The van der Waals surface area contributed by atoms with Gasteiger partial charge in [-0.05, 0) is 25.1 Å². The Bertz CT molecular complexity index is 491. The molecule has 0 unspecified atom stereocenters. The molecular weight excluding hydrogens is 274 g/mol. The molecule has 4 N–H and O–H groups in total. The van der Waals surface area contributed by atoms with Crippen molar-refractivity contribution in [3.63, 3.8) is 0 Å². The number of nitrogens with two attached hydrogens (primary N) is 1. The van der Waals surface area contributed by atoms with Crippen LogP contribution in [0.25, 0.3) is 0 Å². The minimum Gasteiger partial charge on any atom is -0.492 e. The molecule has 0 fully saturated rings. The zero-order valence-electron chi connectivity index (χ0n) is 12.3. The number of nitrogens with one attached hydrogen (secondary N) is 2. The second-order valence-corrected chi connectivity index (χ2v) is 4.21. The van der Waals surface area contributed by atoms with Crippen molar-refractivity contribution in [1.82, 2.24) is 10.6 Å². The summed E-state index contributed by atoms with van der Waals surface area (Å²) in [7, 11) is 1.55. The van der Waals surface area contributed by atoms with Crippen molar-refractivity contribution in [3.05, 3.63) is 23.8 Å². The van der Waals surface area contributed by atoms with Crippen LogP contribution >= 0.6 is 0 Å². The molecule has 0 aliphatic carbocycles. The van der Waals surface area contributed by atoms with E-state index in [1.54, 1.807) is 19.2 Å². The third-order valence-electron chi connectivity index (χ3n) is 2.61. The Hall–Kier alpha value is -2.28. The van der Waals surface area contributed by atoms with Crippen LogP contribution < -0.4 is 21.1 Å². The van der Waals surface area contributed by atoms with E-state index in [2.05, 4.69) is 10.6 Å². The molecule has 1 aromatic rings. The fourth-order valence-electron chi connectivity index (χ4n) is 1.59. The van der Waals surface area contributed by atoms with E-state index in [0.29, 0.717) is 36.8 Å². The van der Waals surface area contributed by atoms with E-state index in [4.69, 9.17) is 15.2 Å². The number of anilines is 1. The quantitative estimate of drug-likeness (QED) is 0.468. The zero-order valence-corrected chi connectivity index (χ0v) is 12.3. The first-order valence-electron chi connectivity index (χ1n) is 6.64. The number of carbonyl (C=O) groups is 2. The van der Waals surface area contributed by atoms with Gasteiger partial charge in [-0.15, -0.1) is 0 Å². The number of hydrogen-bond acceptors (Lipinski definition) is 5. The fourth-order valence-corrected chi connectivity index (χ4v) is 1.59. The number of benzene rings is 1. The Morgan fingerprint density at radius 3 is 2.67 bits per heavy atom. The van der Waals surface area contributed by atoms with Crippen LogP contribution in [0.2, 0.25) is 0 Å². The summed E-state index contributed by atoms with van der Waals surface area (Å²) in [6.45, 7) is 3.08. The van der Waals surface area contributed by atoms with Crippen molar-refractivity contribution >= 4 is 17.5 Å². The Morgan fingerprint density at radius 1 is 1.29 bits per heavy atom. The average molecular weight is 295 g/mol. The van der Waals surface area contributed by atoms with Gasteiger partial charge in [0.05, 0.1) is 25.4 Å². The average Bonchev–Trinajstić information content (AvgIpc) is 2.47. The molecule has 0 radical (unpaired) electrons. The van der Waals surface area contributed by atoms with Gasteiger partial charge in [0.1, 0.15) is 5.75 Å².